The van der Waals surface area contributed by atoms with E-state index in [2.05, 4.69) is 52.8 Å². The fourth-order valence-electron chi connectivity index (χ4n) is 5.95. The zero-order chi connectivity index (χ0) is 45.5. The van der Waals surface area contributed by atoms with Crippen molar-refractivity contribution in [1.82, 2.24) is 0 Å². The lowest BCUT2D eigenvalue weighted by atomic mass is 10.4. The van der Waals surface area contributed by atoms with Crippen molar-refractivity contribution in [3.05, 3.63) is 0 Å². The summed E-state index contributed by atoms with van der Waals surface area (Å²) < 4.78 is 75.8. The number of hydrogen-bond donors (Lipinski definition) is 4. The summed E-state index contributed by atoms with van der Waals surface area (Å²) in [7, 11) is -20.3. The molecule has 0 aromatic carbocycles. The summed E-state index contributed by atoms with van der Waals surface area (Å²) in [4.78, 5) is 0. The monoisotopic (exact) mass is 990 g/mol. The van der Waals surface area contributed by atoms with E-state index in [1.807, 2.05) is 39.3 Å². The zero-order valence-corrected chi connectivity index (χ0v) is 48.2. The van der Waals surface area contributed by atoms with E-state index >= 15 is 0 Å². The van der Waals surface area contributed by atoms with E-state index in [-0.39, 0.29) is 33.2 Å². The number of aliphatic hydroxyl groups is 4. The summed E-state index contributed by atoms with van der Waals surface area (Å²) >= 11 is 0. The SMILES string of the molecule is CCCCOCCO.C[SiH2]O[Si](C)(C)O[Si](OCO[Si](C)(C)CCCOCCO)(O[Si](C)(C)O[Si](C)(C)CCCOCCO)O[Si](C)(C)O[Si](C)(C)CCCOCCO. The van der Waals surface area contributed by atoms with Crippen molar-refractivity contribution >= 4 is 69.4 Å². The fraction of sp³-hybridized carbons (Fsp3) is 1.00. The molecule has 24 heteroatoms. The van der Waals surface area contributed by atoms with Crippen LogP contribution in [0.5, 0.6) is 0 Å². The summed E-state index contributed by atoms with van der Waals surface area (Å²) in [6, 6.07) is 2.56. The van der Waals surface area contributed by atoms with Gasteiger partial charge >= 0.3 is 34.7 Å². The molecule has 0 heterocycles. The van der Waals surface area contributed by atoms with Crippen molar-refractivity contribution in [3.8, 4) is 0 Å². The molecule has 0 bridgehead atoms. The van der Waals surface area contributed by atoms with Crippen molar-refractivity contribution in [2.45, 2.75) is 142 Å². The maximum atomic E-state index is 9.06. The van der Waals surface area contributed by atoms with Crippen LogP contribution in [0.25, 0.3) is 0 Å². The van der Waals surface area contributed by atoms with Gasteiger partial charge in [0.15, 0.2) is 25.0 Å². The third-order valence-corrected chi connectivity index (χ3v) is 35.4. The van der Waals surface area contributed by atoms with E-state index in [1.54, 1.807) is 0 Å². The first-order chi connectivity index (χ1) is 27.4. The molecule has 0 aliphatic carbocycles. The molecule has 0 aliphatic rings. The fourth-order valence-corrected chi connectivity index (χ4v) is 35.4. The topological polar surface area (TPSA) is 192 Å². The van der Waals surface area contributed by atoms with Gasteiger partial charge in [0.25, 0.3) is 0 Å². The highest BCUT2D eigenvalue weighted by Crippen LogP contribution is 2.32. The second kappa shape index (κ2) is 33.6. The Hall–Kier alpha value is 1.10. The largest absolute Gasteiger partial charge is 0.654 e. The van der Waals surface area contributed by atoms with Crippen molar-refractivity contribution in [2.24, 2.45) is 0 Å². The van der Waals surface area contributed by atoms with Crippen LogP contribution in [-0.2, 0) is 52.5 Å². The Morgan fingerprint density at radius 2 is 0.746 bits per heavy atom. The highest BCUT2D eigenvalue weighted by Gasteiger charge is 2.59. The molecule has 0 fully saturated rings. The number of hydrogen-bond acceptors (Lipinski definition) is 16. The Balaban J connectivity index is 0. The molecule has 0 saturated carbocycles. The second-order valence-electron chi connectivity index (χ2n) is 17.3. The summed E-state index contributed by atoms with van der Waals surface area (Å²) in [5.74, 6) is 0. The molecule has 4 N–H and O–H groups in total. The predicted molar refractivity (Wildman–Crippen MR) is 253 cm³/mol. The molecule has 0 atom stereocenters. The van der Waals surface area contributed by atoms with Gasteiger partial charge in [-0.25, -0.2) is 0 Å². The molecular formula is C35H90O16Si8. The lowest BCUT2D eigenvalue weighted by molar-refractivity contribution is -0.000865. The van der Waals surface area contributed by atoms with Gasteiger partial charge in [-0.2, -0.15) is 0 Å². The zero-order valence-electron chi connectivity index (χ0n) is 39.7. The smallest absolute Gasteiger partial charge is 0.442 e. The van der Waals surface area contributed by atoms with Crippen LogP contribution in [0.1, 0.15) is 39.0 Å². The Labute approximate surface area is 369 Å². The maximum absolute atomic E-state index is 9.06. The lowest BCUT2D eigenvalue weighted by Gasteiger charge is -2.45. The van der Waals surface area contributed by atoms with Crippen LogP contribution >= 0.6 is 0 Å². The van der Waals surface area contributed by atoms with Gasteiger partial charge in [0.1, 0.15) is 16.6 Å². The number of unbranched alkanes of at least 4 members (excludes halogenated alkanes) is 1. The minimum atomic E-state index is -4.07. The van der Waals surface area contributed by atoms with Crippen molar-refractivity contribution in [3.63, 3.8) is 0 Å². The van der Waals surface area contributed by atoms with Gasteiger partial charge in [-0.05, 0) is 122 Å². The minimum absolute atomic E-state index is 0.00590. The minimum Gasteiger partial charge on any atom is -0.442 e. The Morgan fingerprint density at radius 3 is 1.08 bits per heavy atom. The van der Waals surface area contributed by atoms with Crippen LogP contribution in [0.15, 0.2) is 0 Å². The molecule has 0 rings (SSSR count). The number of ether oxygens (including phenoxy) is 4. The second-order valence-corrected chi connectivity index (χ2v) is 45.2. The Bertz CT molecular complexity index is 955. The van der Waals surface area contributed by atoms with Gasteiger partial charge < -0.3 is 72.9 Å². The van der Waals surface area contributed by atoms with Crippen LogP contribution in [0.3, 0.4) is 0 Å². The van der Waals surface area contributed by atoms with Crippen molar-refractivity contribution in [2.75, 3.05) is 86.1 Å². The molecule has 0 aromatic heterocycles. The molecule has 0 spiro atoms. The van der Waals surface area contributed by atoms with Gasteiger partial charge in [0, 0.05) is 26.4 Å². The first-order valence-electron chi connectivity index (χ1n) is 21.6. The predicted octanol–water partition coefficient (Wildman–Crippen LogP) is 5.36. The Kier molecular flexibility index (Phi) is 35.4. The molecule has 358 valence electrons. The van der Waals surface area contributed by atoms with Crippen LogP contribution in [0, 0.1) is 0 Å². The van der Waals surface area contributed by atoms with E-state index in [0.717, 1.165) is 56.8 Å². The van der Waals surface area contributed by atoms with Crippen molar-refractivity contribution < 1.29 is 72.9 Å². The van der Waals surface area contributed by atoms with Crippen LogP contribution in [0.2, 0.25) is 103 Å². The summed E-state index contributed by atoms with van der Waals surface area (Å²) in [6.07, 6.45) is 4.71. The average Bonchev–Trinajstić information content (AvgIpc) is 3.08. The van der Waals surface area contributed by atoms with Gasteiger partial charge in [-0.15, -0.1) is 0 Å². The van der Waals surface area contributed by atoms with E-state index in [4.69, 9.17) is 72.9 Å². The standard InChI is InChI=1S/C29H76O14Si8.C6H14O2/c1-44-38-48(8,9)41-51(37-29-36-45(2,3)26-14-20-33-23-17-30,42-49(10,11)39-46(4,5)27-15-21-34-24-18-31)43-50(12,13)40-47(6,7)28-16-22-35-25-19-32;1-2-3-5-8-6-4-7/h30-32H,14-29,44H2,1-13H3;7H,2-6H2,1H3. The van der Waals surface area contributed by atoms with E-state index in [9.17, 15) is 0 Å². The van der Waals surface area contributed by atoms with Crippen molar-refractivity contribution in [1.29, 1.82) is 0 Å². The van der Waals surface area contributed by atoms with Gasteiger partial charge in [0.05, 0.1) is 52.9 Å². The molecule has 59 heavy (non-hydrogen) atoms. The van der Waals surface area contributed by atoms with Gasteiger partial charge in [0.2, 0.25) is 0 Å². The highest BCUT2D eigenvalue weighted by atomic mass is 28.5. The maximum Gasteiger partial charge on any atom is 0.654 e. The number of aliphatic hydroxyl groups excluding tert-OH is 4. The van der Waals surface area contributed by atoms with Gasteiger partial charge in [-0.3, -0.25) is 0 Å². The lowest BCUT2D eigenvalue weighted by Crippen LogP contribution is -2.67. The third kappa shape index (κ3) is 37.1. The highest BCUT2D eigenvalue weighted by molar-refractivity contribution is 6.90. The molecule has 0 aromatic rings. The van der Waals surface area contributed by atoms with Gasteiger partial charge in [-0.1, -0.05) is 19.9 Å². The van der Waals surface area contributed by atoms with E-state index in [1.165, 1.54) is 0 Å². The third-order valence-electron chi connectivity index (χ3n) is 8.12. The Morgan fingerprint density at radius 1 is 0.407 bits per heavy atom. The number of rotatable bonds is 39. The molecule has 16 nitrogen and oxygen atoms in total. The molecule has 0 aliphatic heterocycles. The summed E-state index contributed by atoms with van der Waals surface area (Å²) in [5, 5.41) is 35.4. The molecule has 0 unspecified atom stereocenters. The van der Waals surface area contributed by atoms with Crippen LogP contribution < -0.4 is 0 Å². The van der Waals surface area contributed by atoms with E-state index < -0.39 is 69.4 Å². The first kappa shape index (κ1) is 62.2. The average molecular weight is 992 g/mol. The normalized spacial score (nSPS) is 13.7. The van der Waals surface area contributed by atoms with E-state index in [0.29, 0.717) is 46.2 Å². The molecule has 0 saturated heterocycles. The van der Waals surface area contributed by atoms with Crippen LogP contribution in [0.4, 0.5) is 0 Å². The molecular weight excluding hydrogens is 901 g/mol. The molecule has 0 radical (unpaired) electrons. The van der Waals surface area contributed by atoms with Crippen LogP contribution in [-0.4, -0.2) is 176 Å². The summed E-state index contributed by atoms with van der Waals surface area (Å²) in [6.45, 7) is 33.2. The quantitative estimate of drug-likeness (QED) is 0.0350. The molecule has 0 amide bonds. The first-order valence-corrected chi connectivity index (χ1v) is 43.0. The summed E-state index contributed by atoms with van der Waals surface area (Å²) in [5.41, 5.74) is 0.